The summed E-state index contributed by atoms with van der Waals surface area (Å²) in [6.07, 6.45) is 8.55. The first-order valence-corrected chi connectivity index (χ1v) is 8.71. The molecule has 4 nitrogen and oxygen atoms in total. The summed E-state index contributed by atoms with van der Waals surface area (Å²) in [6.45, 7) is 1.08. The maximum absolute atomic E-state index is 5.45. The normalized spacial score (nSPS) is 26.2. The Labute approximate surface area is 119 Å². The maximum atomic E-state index is 5.45. The van der Waals surface area contributed by atoms with E-state index in [0.29, 0.717) is 6.04 Å². The Morgan fingerprint density at radius 3 is 2.95 bits per heavy atom. The molecule has 0 aromatic carbocycles. The van der Waals surface area contributed by atoms with Gasteiger partial charge in [0.2, 0.25) is 5.89 Å². The highest BCUT2D eigenvalue weighted by Gasteiger charge is 2.21. The van der Waals surface area contributed by atoms with Crippen LogP contribution in [0.4, 0.5) is 0 Å². The topological polar surface area (TPSA) is 51.0 Å². The van der Waals surface area contributed by atoms with Crippen LogP contribution in [0.25, 0.3) is 0 Å². The predicted octanol–water partition coefficient (Wildman–Crippen LogP) is 2.96. The Hall–Kier alpha value is -0.550. The van der Waals surface area contributed by atoms with Crippen LogP contribution in [0.3, 0.4) is 0 Å². The van der Waals surface area contributed by atoms with Gasteiger partial charge in [-0.1, -0.05) is 18.0 Å². The van der Waals surface area contributed by atoms with Gasteiger partial charge in [-0.2, -0.15) is 16.7 Å². The van der Waals surface area contributed by atoms with Crippen LogP contribution in [0.5, 0.6) is 0 Å². The Bertz CT molecular complexity index is 382. The lowest BCUT2D eigenvalue weighted by atomic mass is 9.99. The first-order chi connectivity index (χ1) is 9.42. The molecule has 1 aromatic heterocycles. The van der Waals surface area contributed by atoms with Crippen molar-refractivity contribution in [3.05, 3.63) is 11.7 Å². The van der Waals surface area contributed by atoms with Crippen molar-refractivity contribution in [2.45, 2.75) is 51.0 Å². The van der Waals surface area contributed by atoms with E-state index in [1.807, 2.05) is 0 Å². The van der Waals surface area contributed by atoms with Crippen molar-refractivity contribution in [1.82, 2.24) is 15.5 Å². The number of hydrogen-bond acceptors (Lipinski definition) is 5. The second-order valence-electron chi connectivity index (χ2n) is 5.66. The zero-order chi connectivity index (χ0) is 12.9. The fraction of sp³-hybridized carbons (Fsp3) is 0.857. The van der Waals surface area contributed by atoms with Crippen molar-refractivity contribution in [1.29, 1.82) is 0 Å². The molecule has 3 rings (SSSR count). The van der Waals surface area contributed by atoms with Crippen LogP contribution in [0.1, 0.15) is 56.3 Å². The van der Waals surface area contributed by atoms with Gasteiger partial charge in [0.15, 0.2) is 5.82 Å². The summed E-state index contributed by atoms with van der Waals surface area (Å²) < 4.78 is 5.45. The SMILES string of the molecule is C1CCNC(c2noc(CC3CCSCC3)n2)CC1. The van der Waals surface area contributed by atoms with Gasteiger partial charge in [-0.15, -0.1) is 0 Å². The van der Waals surface area contributed by atoms with E-state index in [1.54, 1.807) is 0 Å². The van der Waals surface area contributed by atoms with Gasteiger partial charge >= 0.3 is 0 Å². The number of hydrogen-bond donors (Lipinski definition) is 1. The predicted molar refractivity (Wildman–Crippen MR) is 77.3 cm³/mol. The van der Waals surface area contributed by atoms with Crippen molar-refractivity contribution in [3.63, 3.8) is 0 Å². The summed E-state index contributed by atoms with van der Waals surface area (Å²) in [5.74, 6) is 5.04. The molecule has 2 saturated heterocycles. The molecule has 0 aliphatic carbocycles. The zero-order valence-electron chi connectivity index (χ0n) is 11.4. The minimum atomic E-state index is 0.307. The lowest BCUT2D eigenvalue weighted by Gasteiger charge is -2.19. The molecule has 0 amide bonds. The van der Waals surface area contributed by atoms with Crippen molar-refractivity contribution in [3.8, 4) is 0 Å². The van der Waals surface area contributed by atoms with E-state index in [4.69, 9.17) is 4.52 Å². The molecule has 5 heteroatoms. The molecule has 0 saturated carbocycles. The van der Waals surface area contributed by atoms with E-state index in [1.165, 1.54) is 43.6 Å². The Morgan fingerprint density at radius 2 is 2.05 bits per heavy atom. The van der Waals surface area contributed by atoms with Crippen LogP contribution in [0, 0.1) is 5.92 Å². The van der Waals surface area contributed by atoms with Crippen molar-refractivity contribution >= 4 is 11.8 Å². The summed E-state index contributed by atoms with van der Waals surface area (Å²) in [5.41, 5.74) is 0. The van der Waals surface area contributed by atoms with Gasteiger partial charge in [0.25, 0.3) is 0 Å². The fourth-order valence-corrected chi connectivity index (χ4v) is 4.14. The van der Waals surface area contributed by atoms with Gasteiger partial charge < -0.3 is 9.84 Å². The molecule has 106 valence electrons. The standard InChI is InChI=1S/C14H23N3OS/c1-2-4-12(15-7-3-1)14-16-13(18-17-14)10-11-5-8-19-9-6-11/h11-12,15H,1-10H2. The molecule has 0 spiro atoms. The third kappa shape index (κ3) is 3.72. The molecule has 1 N–H and O–H groups in total. The van der Waals surface area contributed by atoms with Crippen LogP contribution < -0.4 is 5.32 Å². The number of aromatic nitrogens is 2. The molecule has 0 radical (unpaired) electrons. The lowest BCUT2D eigenvalue weighted by Crippen LogP contribution is -2.21. The van der Waals surface area contributed by atoms with Gasteiger partial charge in [-0.25, -0.2) is 0 Å². The average molecular weight is 281 g/mol. The molecule has 0 bridgehead atoms. The first-order valence-electron chi connectivity index (χ1n) is 7.55. The highest BCUT2D eigenvalue weighted by atomic mass is 32.2. The van der Waals surface area contributed by atoms with Crippen molar-refractivity contribution < 1.29 is 4.52 Å². The number of nitrogens with zero attached hydrogens (tertiary/aromatic N) is 2. The quantitative estimate of drug-likeness (QED) is 0.923. The third-order valence-electron chi connectivity index (χ3n) is 4.16. The Balaban J connectivity index is 1.58. The van der Waals surface area contributed by atoms with Gasteiger partial charge in [0.05, 0.1) is 6.04 Å². The van der Waals surface area contributed by atoms with E-state index in [2.05, 4.69) is 27.2 Å². The van der Waals surface area contributed by atoms with Gasteiger partial charge in [0, 0.05) is 6.42 Å². The minimum Gasteiger partial charge on any atom is -0.339 e. The van der Waals surface area contributed by atoms with Gasteiger partial charge in [-0.3, -0.25) is 0 Å². The monoisotopic (exact) mass is 281 g/mol. The van der Waals surface area contributed by atoms with E-state index in [-0.39, 0.29) is 0 Å². The van der Waals surface area contributed by atoms with Crippen LogP contribution in [0.15, 0.2) is 4.52 Å². The van der Waals surface area contributed by atoms with Crippen LogP contribution in [-0.4, -0.2) is 28.2 Å². The van der Waals surface area contributed by atoms with E-state index >= 15 is 0 Å². The van der Waals surface area contributed by atoms with E-state index < -0.39 is 0 Å². The smallest absolute Gasteiger partial charge is 0.226 e. The van der Waals surface area contributed by atoms with Crippen molar-refractivity contribution in [2.75, 3.05) is 18.1 Å². The summed E-state index contributed by atoms with van der Waals surface area (Å²) in [4.78, 5) is 4.62. The molecule has 2 fully saturated rings. The molecule has 1 atom stereocenters. The number of nitrogens with one attached hydrogen (secondary N) is 1. The van der Waals surface area contributed by atoms with E-state index in [9.17, 15) is 0 Å². The first kappa shape index (κ1) is 13.4. The van der Waals surface area contributed by atoms with Gasteiger partial charge in [-0.05, 0) is 49.7 Å². The minimum absolute atomic E-state index is 0.307. The maximum Gasteiger partial charge on any atom is 0.226 e. The Kier molecular flexibility index (Phi) is 4.77. The average Bonchev–Trinajstić information content (AvgIpc) is 2.74. The molecule has 19 heavy (non-hydrogen) atoms. The fourth-order valence-electron chi connectivity index (χ4n) is 2.94. The van der Waals surface area contributed by atoms with E-state index in [0.717, 1.165) is 37.0 Å². The molecule has 1 aromatic rings. The number of thioether (sulfide) groups is 1. The highest BCUT2D eigenvalue weighted by molar-refractivity contribution is 7.99. The third-order valence-corrected chi connectivity index (χ3v) is 5.21. The molecule has 2 aliphatic rings. The summed E-state index contributed by atoms with van der Waals surface area (Å²) >= 11 is 2.06. The van der Waals surface area contributed by atoms with Crippen LogP contribution >= 0.6 is 11.8 Å². The molecular weight excluding hydrogens is 258 g/mol. The highest BCUT2D eigenvalue weighted by Crippen LogP contribution is 2.26. The zero-order valence-corrected chi connectivity index (χ0v) is 12.3. The largest absolute Gasteiger partial charge is 0.339 e. The molecule has 1 unspecified atom stereocenters. The molecular formula is C14H23N3OS. The van der Waals surface area contributed by atoms with Crippen LogP contribution in [-0.2, 0) is 6.42 Å². The second kappa shape index (κ2) is 6.75. The summed E-state index contributed by atoms with van der Waals surface area (Å²) in [5, 5.41) is 7.72. The number of rotatable bonds is 3. The van der Waals surface area contributed by atoms with Crippen molar-refractivity contribution in [2.24, 2.45) is 5.92 Å². The van der Waals surface area contributed by atoms with Crippen LogP contribution in [0.2, 0.25) is 0 Å². The summed E-state index contributed by atoms with van der Waals surface area (Å²) in [7, 11) is 0. The molecule has 3 heterocycles. The Morgan fingerprint density at radius 1 is 1.16 bits per heavy atom. The molecule has 2 aliphatic heterocycles. The summed E-state index contributed by atoms with van der Waals surface area (Å²) in [6, 6.07) is 0.307. The lowest BCUT2D eigenvalue weighted by molar-refractivity contribution is 0.337. The van der Waals surface area contributed by atoms with Gasteiger partial charge in [0.1, 0.15) is 0 Å². The second-order valence-corrected chi connectivity index (χ2v) is 6.89.